The lowest BCUT2D eigenvalue weighted by atomic mass is 9.97. The van der Waals surface area contributed by atoms with Gasteiger partial charge in [0.15, 0.2) is 0 Å². The number of benzene rings is 3. The summed E-state index contributed by atoms with van der Waals surface area (Å²) in [6, 6.07) is 23.3. The number of hydrogen-bond acceptors (Lipinski definition) is 1. The van der Waals surface area contributed by atoms with E-state index in [1.165, 1.54) is 16.7 Å². The minimum absolute atomic E-state index is 0.817. The van der Waals surface area contributed by atoms with Crippen LogP contribution in [0, 0.1) is 13.8 Å². The molecule has 0 unspecified atom stereocenters. The molecular weight excluding hydrogens is 254 g/mol. The highest BCUT2D eigenvalue weighted by atomic mass is 14.6. The number of aryl methyl sites for hydroxylation is 2. The molecule has 0 atom stereocenters. The molecule has 1 heteroatoms. The normalized spacial score (nSPS) is 10.6. The Bertz CT molecular complexity index is 753. The van der Waals surface area contributed by atoms with E-state index in [9.17, 15) is 0 Å². The largest absolute Gasteiger partial charge is 0.398 e. The maximum atomic E-state index is 6.26. The van der Waals surface area contributed by atoms with Crippen LogP contribution in [0.1, 0.15) is 11.1 Å². The van der Waals surface area contributed by atoms with E-state index in [0.29, 0.717) is 0 Å². The summed E-state index contributed by atoms with van der Waals surface area (Å²) in [5.41, 5.74) is 14.2. The maximum absolute atomic E-state index is 6.26. The first kappa shape index (κ1) is 13.4. The lowest BCUT2D eigenvalue weighted by Gasteiger charge is -2.09. The third-order valence-electron chi connectivity index (χ3n) is 3.80. The zero-order valence-electron chi connectivity index (χ0n) is 12.4. The van der Waals surface area contributed by atoms with Gasteiger partial charge in [0.2, 0.25) is 0 Å². The molecular formula is C20H19N. The van der Waals surface area contributed by atoms with Crippen LogP contribution in [0.2, 0.25) is 0 Å². The molecule has 0 aromatic heterocycles. The van der Waals surface area contributed by atoms with Crippen molar-refractivity contribution in [1.82, 2.24) is 0 Å². The standard InChI is InChI=1S/C20H19N/c1-14-3-7-16(8-4-14)18-11-12-19(20(21)13-18)17-9-5-15(2)6-10-17/h3-13H,21H2,1-2H3. The smallest absolute Gasteiger partial charge is 0.0399 e. The summed E-state index contributed by atoms with van der Waals surface area (Å²) in [4.78, 5) is 0. The Morgan fingerprint density at radius 3 is 1.57 bits per heavy atom. The van der Waals surface area contributed by atoms with Gasteiger partial charge in [-0.05, 0) is 36.6 Å². The van der Waals surface area contributed by atoms with Crippen molar-refractivity contribution in [2.45, 2.75) is 13.8 Å². The van der Waals surface area contributed by atoms with Crippen molar-refractivity contribution in [2.24, 2.45) is 0 Å². The quantitative estimate of drug-likeness (QED) is 0.636. The highest BCUT2D eigenvalue weighted by molar-refractivity contribution is 5.81. The van der Waals surface area contributed by atoms with Crippen molar-refractivity contribution in [3.05, 3.63) is 77.9 Å². The van der Waals surface area contributed by atoms with E-state index < -0.39 is 0 Å². The first-order chi connectivity index (χ1) is 10.1. The van der Waals surface area contributed by atoms with E-state index in [0.717, 1.165) is 22.4 Å². The van der Waals surface area contributed by atoms with Crippen LogP contribution in [0.5, 0.6) is 0 Å². The fourth-order valence-electron chi connectivity index (χ4n) is 2.48. The molecule has 2 N–H and O–H groups in total. The Balaban J connectivity index is 1.99. The minimum atomic E-state index is 0.817. The molecule has 0 bridgehead atoms. The Labute approximate surface area is 126 Å². The Kier molecular flexibility index (Phi) is 3.49. The van der Waals surface area contributed by atoms with Crippen molar-refractivity contribution in [3.63, 3.8) is 0 Å². The van der Waals surface area contributed by atoms with Gasteiger partial charge in [0.05, 0.1) is 0 Å². The maximum Gasteiger partial charge on any atom is 0.0399 e. The average molecular weight is 273 g/mol. The topological polar surface area (TPSA) is 26.0 Å². The second kappa shape index (κ2) is 5.45. The molecule has 0 aliphatic heterocycles. The molecule has 0 amide bonds. The summed E-state index contributed by atoms with van der Waals surface area (Å²) in [5.74, 6) is 0. The number of nitrogens with two attached hydrogens (primary N) is 1. The number of nitrogen functional groups attached to an aromatic ring is 1. The van der Waals surface area contributed by atoms with Crippen LogP contribution in [0.25, 0.3) is 22.3 Å². The van der Waals surface area contributed by atoms with Gasteiger partial charge in [-0.2, -0.15) is 0 Å². The molecule has 0 aliphatic carbocycles. The van der Waals surface area contributed by atoms with Gasteiger partial charge in [-0.25, -0.2) is 0 Å². The zero-order chi connectivity index (χ0) is 14.8. The molecule has 3 rings (SSSR count). The van der Waals surface area contributed by atoms with E-state index in [1.807, 2.05) is 0 Å². The second-order valence-corrected chi connectivity index (χ2v) is 5.53. The van der Waals surface area contributed by atoms with Crippen LogP contribution in [0.4, 0.5) is 5.69 Å². The highest BCUT2D eigenvalue weighted by Crippen LogP contribution is 2.30. The highest BCUT2D eigenvalue weighted by Gasteiger charge is 2.05. The van der Waals surface area contributed by atoms with Gasteiger partial charge >= 0.3 is 0 Å². The fourth-order valence-corrected chi connectivity index (χ4v) is 2.48. The van der Waals surface area contributed by atoms with E-state index in [2.05, 4.69) is 80.6 Å². The van der Waals surface area contributed by atoms with Gasteiger partial charge in [0, 0.05) is 11.3 Å². The van der Waals surface area contributed by atoms with E-state index in [4.69, 9.17) is 5.73 Å². The monoisotopic (exact) mass is 273 g/mol. The summed E-state index contributed by atoms with van der Waals surface area (Å²) in [6.45, 7) is 4.19. The van der Waals surface area contributed by atoms with Gasteiger partial charge in [0.25, 0.3) is 0 Å². The van der Waals surface area contributed by atoms with Crippen molar-refractivity contribution >= 4 is 5.69 Å². The third-order valence-corrected chi connectivity index (χ3v) is 3.80. The van der Waals surface area contributed by atoms with Crippen LogP contribution < -0.4 is 5.73 Å². The van der Waals surface area contributed by atoms with E-state index >= 15 is 0 Å². The number of rotatable bonds is 2. The fraction of sp³-hybridized carbons (Fsp3) is 0.100. The first-order valence-corrected chi connectivity index (χ1v) is 7.17. The molecule has 0 spiro atoms. The van der Waals surface area contributed by atoms with Gasteiger partial charge in [-0.3, -0.25) is 0 Å². The van der Waals surface area contributed by atoms with Gasteiger partial charge in [-0.1, -0.05) is 71.8 Å². The van der Waals surface area contributed by atoms with E-state index in [-0.39, 0.29) is 0 Å². The molecule has 0 radical (unpaired) electrons. The van der Waals surface area contributed by atoms with Gasteiger partial charge in [0.1, 0.15) is 0 Å². The molecule has 104 valence electrons. The average Bonchev–Trinajstić information content (AvgIpc) is 2.49. The molecule has 0 saturated carbocycles. The molecule has 3 aromatic rings. The number of hydrogen-bond donors (Lipinski definition) is 1. The van der Waals surface area contributed by atoms with Crippen molar-refractivity contribution in [2.75, 3.05) is 5.73 Å². The van der Waals surface area contributed by atoms with Crippen molar-refractivity contribution < 1.29 is 0 Å². The third kappa shape index (κ3) is 2.82. The predicted molar refractivity (Wildman–Crippen MR) is 91.2 cm³/mol. The van der Waals surface area contributed by atoms with Crippen molar-refractivity contribution in [3.8, 4) is 22.3 Å². The van der Waals surface area contributed by atoms with Crippen LogP contribution in [-0.2, 0) is 0 Å². The van der Waals surface area contributed by atoms with Gasteiger partial charge < -0.3 is 5.73 Å². The molecule has 0 aliphatic rings. The molecule has 3 aromatic carbocycles. The lowest BCUT2D eigenvalue weighted by Crippen LogP contribution is -1.91. The van der Waals surface area contributed by atoms with Gasteiger partial charge in [-0.15, -0.1) is 0 Å². The molecule has 1 nitrogen and oxygen atoms in total. The van der Waals surface area contributed by atoms with Crippen LogP contribution in [0.3, 0.4) is 0 Å². The number of anilines is 1. The Morgan fingerprint density at radius 1 is 0.571 bits per heavy atom. The lowest BCUT2D eigenvalue weighted by molar-refractivity contribution is 1.46. The molecule has 0 fully saturated rings. The summed E-state index contributed by atoms with van der Waals surface area (Å²) in [6.07, 6.45) is 0. The second-order valence-electron chi connectivity index (χ2n) is 5.53. The molecule has 0 heterocycles. The first-order valence-electron chi connectivity index (χ1n) is 7.17. The van der Waals surface area contributed by atoms with Crippen LogP contribution in [-0.4, -0.2) is 0 Å². The zero-order valence-corrected chi connectivity index (χ0v) is 12.4. The van der Waals surface area contributed by atoms with Crippen molar-refractivity contribution in [1.29, 1.82) is 0 Å². The minimum Gasteiger partial charge on any atom is -0.398 e. The summed E-state index contributed by atoms with van der Waals surface area (Å²) in [7, 11) is 0. The Morgan fingerprint density at radius 2 is 1.05 bits per heavy atom. The van der Waals surface area contributed by atoms with E-state index in [1.54, 1.807) is 0 Å². The molecule has 21 heavy (non-hydrogen) atoms. The van der Waals surface area contributed by atoms with Crippen LogP contribution in [0.15, 0.2) is 66.7 Å². The SMILES string of the molecule is Cc1ccc(-c2ccc(-c3ccc(C)cc3)c(N)c2)cc1. The summed E-state index contributed by atoms with van der Waals surface area (Å²) >= 11 is 0. The Hall–Kier alpha value is -2.54. The molecule has 0 saturated heterocycles. The van der Waals surface area contributed by atoms with Crippen LogP contribution >= 0.6 is 0 Å². The summed E-state index contributed by atoms with van der Waals surface area (Å²) in [5, 5.41) is 0. The summed E-state index contributed by atoms with van der Waals surface area (Å²) < 4.78 is 0. The predicted octanol–water partition coefficient (Wildman–Crippen LogP) is 5.22.